The lowest BCUT2D eigenvalue weighted by molar-refractivity contribution is -0.137. The number of aliphatic carboxylic acids is 1. The maximum atomic E-state index is 12.5. The quantitative estimate of drug-likeness (QED) is 0.867. The van der Waals surface area contributed by atoms with Crippen molar-refractivity contribution < 1.29 is 19.4 Å². The molecule has 0 spiro atoms. The van der Waals surface area contributed by atoms with Crippen molar-refractivity contribution in [3.8, 4) is 5.75 Å². The molecule has 1 aromatic carbocycles. The first-order valence-corrected chi connectivity index (χ1v) is 7.09. The Morgan fingerprint density at radius 3 is 2.19 bits per heavy atom. The van der Waals surface area contributed by atoms with E-state index in [-0.39, 0.29) is 35.0 Å². The zero-order valence-corrected chi connectivity index (χ0v) is 13.5. The first-order chi connectivity index (χ1) is 9.77. The Morgan fingerprint density at radius 2 is 1.81 bits per heavy atom. The second kappa shape index (κ2) is 7.52. The molecule has 1 rings (SSSR count). The molecule has 0 fully saturated rings. The molecule has 0 saturated carbocycles. The van der Waals surface area contributed by atoms with Gasteiger partial charge in [-0.25, -0.2) is 0 Å². The van der Waals surface area contributed by atoms with Crippen LogP contribution in [0.3, 0.4) is 0 Å². The normalized spacial score (nSPS) is 10.6. The van der Waals surface area contributed by atoms with Gasteiger partial charge < -0.3 is 14.7 Å². The van der Waals surface area contributed by atoms with E-state index in [1.807, 2.05) is 13.8 Å². The molecule has 0 aromatic heterocycles. The summed E-state index contributed by atoms with van der Waals surface area (Å²) in [5.41, 5.74) is 0.296. The fraction of sp³-hybridized carbons (Fsp3) is 0.429. The molecule has 0 radical (unpaired) electrons. The van der Waals surface area contributed by atoms with E-state index in [4.69, 9.17) is 33.0 Å². The van der Waals surface area contributed by atoms with Crippen molar-refractivity contribution in [3.63, 3.8) is 0 Å². The number of carbonyl (C=O) groups excluding carboxylic acids is 1. The van der Waals surface area contributed by atoms with Crippen LogP contribution in [0, 0.1) is 0 Å². The van der Waals surface area contributed by atoms with E-state index >= 15 is 0 Å². The van der Waals surface area contributed by atoms with Crippen molar-refractivity contribution in [1.29, 1.82) is 0 Å². The summed E-state index contributed by atoms with van der Waals surface area (Å²) in [5.74, 6) is -0.978. The Balaban J connectivity index is 3.06. The van der Waals surface area contributed by atoms with Gasteiger partial charge in [0, 0.05) is 18.2 Å². The molecule has 0 aliphatic heterocycles. The molecule has 21 heavy (non-hydrogen) atoms. The van der Waals surface area contributed by atoms with Crippen molar-refractivity contribution in [2.24, 2.45) is 0 Å². The van der Waals surface area contributed by atoms with Crippen molar-refractivity contribution in [2.75, 3.05) is 13.7 Å². The van der Waals surface area contributed by atoms with Crippen LogP contribution < -0.4 is 4.74 Å². The molecule has 0 heterocycles. The van der Waals surface area contributed by atoms with E-state index in [1.165, 1.54) is 24.1 Å². The Bertz CT molecular complexity index is 523. The predicted molar refractivity (Wildman–Crippen MR) is 81.4 cm³/mol. The molecule has 0 saturated heterocycles. The van der Waals surface area contributed by atoms with Gasteiger partial charge in [-0.15, -0.1) is 0 Å². The minimum absolute atomic E-state index is 0.118. The van der Waals surface area contributed by atoms with Gasteiger partial charge in [0.1, 0.15) is 0 Å². The standard InChI is InChI=1S/C14H17Cl2NO4/c1-8(2)17(5-4-12(18)19)14(20)9-6-10(15)13(21-3)11(16)7-9/h6-8H,4-5H2,1-3H3,(H,18,19). The van der Waals surface area contributed by atoms with E-state index in [9.17, 15) is 9.59 Å². The van der Waals surface area contributed by atoms with E-state index in [2.05, 4.69) is 0 Å². The van der Waals surface area contributed by atoms with Crippen molar-refractivity contribution in [2.45, 2.75) is 26.3 Å². The summed E-state index contributed by atoms with van der Waals surface area (Å²) >= 11 is 12.0. The highest BCUT2D eigenvalue weighted by Crippen LogP contribution is 2.34. The van der Waals surface area contributed by atoms with Gasteiger partial charge in [0.25, 0.3) is 5.91 Å². The number of methoxy groups -OCH3 is 1. The van der Waals surface area contributed by atoms with Gasteiger partial charge in [-0.2, -0.15) is 0 Å². The number of halogens is 2. The molecule has 1 amide bonds. The molecule has 116 valence electrons. The summed E-state index contributed by atoms with van der Waals surface area (Å²) in [6.07, 6.45) is -0.123. The summed E-state index contributed by atoms with van der Waals surface area (Å²) in [4.78, 5) is 24.6. The number of ether oxygens (including phenoxy) is 1. The highest BCUT2D eigenvalue weighted by molar-refractivity contribution is 6.37. The molecule has 1 N–H and O–H groups in total. The van der Waals surface area contributed by atoms with Gasteiger partial charge in [-0.1, -0.05) is 23.2 Å². The number of amides is 1. The van der Waals surface area contributed by atoms with Crippen molar-refractivity contribution >= 4 is 35.1 Å². The SMILES string of the molecule is COc1c(Cl)cc(C(=O)N(CCC(=O)O)C(C)C)cc1Cl. The number of hydrogen-bond acceptors (Lipinski definition) is 3. The van der Waals surface area contributed by atoms with Crippen LogP contribution in [0.25, 0.3) is 0 Å². The summed E-state index contributed by atoms with van der Waals surface area (Å²) in [7, 11) is 1.43. The number of carboxylic acids is 1. The van der Waals surface area contributed by atoms with Crippen LogP contribution in [0.1, 0.15) is 30.6 Å². The molecule has 5 nitrogen and oxygen atoms in total. The monoisotopic (exact) mass is 333 g/mol. The van der Waals surface area contributed by atoms with Gasteiger partial charge in [0.05, 0.1) is 23.6 Å². The second-order valence-corrected chi connectivity index (χ2v) is 5.52. The molecule has 0 bridgehead atoms. The highest BCUT2D eigenvalue weighted by Gasteiger charge is 2.21. The summed E-state index contributed by atoms with van der Waals surface area (Å²) < 4.78 is 5.03. The molecule has 0 aliphatic rings. The van der Waals surface area contributed by atoms with E-state index < -0.39 is 5.97 Å². The smallest absolute Gasteiger partial charge is 0.305 e. The summed E-state index contributed by atoms with van der Waals surface area (Å²) in [6.45, 7) is 3.74. The third-order valence-electron chi connectivity index (χ3n) is 2.90. The minimum atomic E-state index is -0.959. The molecule has 0 aliphatic carbocycles. The van der Waals surface area contributed by atoms with Crippen LogP contribution in [0.4, 0.5) is 0 Å². The van der Waals surface area contributed by atoms with Crippen LogP contribution in [-0.2, 0) is 4.79 Å². The first-order valence-electron chi connectivity index (χ1n) is 6.33. The number of hydrogen-bond donors (Lipinski definition) is 1. The van der Waals surface area contributed by atoms with Crippen LogP contribution in [0.2, 0.25) is 10.0 Å². The third kappa shape index (κ3) is 4.51. The van der Waals surface area contributed by atoms with E-state index in [1.54, 1.807) is 0 Å². The molecule has 7 heteroatoms. The zero-order chi connectivity index (χ0) is 16.2. The first kappa shape index (κ1) is 17.6. The number of carbonyl (C=O) groups is 2. The Kier molecular flexibility index (Phi) is 6.30. The third-order valence-corrected chi connectivity index (χ3v) is 3.46. The Morgan fingerprint density at radius 1 is 1.29 bits per heavy atom. The number of carboxylic acid groups (broad SMARTS) is 1. The maximum absolute atomic E-state index is 12.5. The Hall–Kier alpha value is -1.46. The van der Waals surface area contributed by atoms with Gasteiger partial charge in [0.15, 0.2) is 5.75 Å². The van der Waals surface area contributed by atoms with Crippen molar-refractivity contribution in [3.05, 3.63) is 27.7 Å². The van der Waals surface area contributed by atoms with E-state index in [0.29, 0.717) is 11.3 Å². The maximum Gasteiger partial charge on any atom is 0.305 e. The molecule has 1 aromatic rings. The lowest BCUT2D eigenvalue weighted by Gasteiger charge is -2.26. The van der Waals surface area contributed by atoms with Gasteiger partial charge >= 0.3 is 5.97 Å². The van der Waals surface area contributed by atoms with Crippen LogP contribution in [0.5, 0.6) is 5.75 Å². The van der Waals surface area contributed by atoms with E-state index in [0.717, 1.165) is 0 Å². The van der Waals surface area contributed by atoms with Crippen molar-refractivity contribution in [1.82, 2.24) is 4.90 Å². The minimum Gasteiger partial charge on any atom is -0.494 e. The van der Waals surface area contributed by atoms with Gasteiger partial charge in [0.2, 0.25) is 0 Å². The fourth-order valence-corrected chi connectivity index (χ4v) is 2.50. The average molecular weight is 334 g/mol. The molecule has 0 atom stereocenters. The fourth-order valence-electron chi connectivity index (χ4n) is 1.85. The lowest BCUT2D eigenvalue weighted by Crippen LogP contribution is -2.38. The largest absolute Gasteiger partial charge is 0.494 e. The van der Waals surface area contributed by atoms with Gasteiger partial charge in [-0.3, -0.25) is 9.59 Å². The van der Waals surface area contributed by atoms with Crippen LogP contribution >= 0.6 is 23.2 Å². The lowest BCUT2D eigenvalue weighted by atomic mass is 10.1. The predicted octanol–water partition coefficient (Wildman–Crippen LogP) is 3.33. The highest BCUT2D eigenvalue weighted by atomic mass is 35.5. The Labute approximate surface area is 133 Å². The molecular weight excluding hydrogens is 317 g/mol. The second-order valence-electron chi connectivity index (χ2n) is 4.71. The molecular formula is C14H17Cl2NO4. The summed E-state index contributed by atoms with van der Waals surface area (Å²) in [5, 5.41) is 9.22. The zero-order valence-electron chi connectivity index (χ0n) is 12.0. The van der Waals surface area contributed by atoms with Gasteiger partial charge in [-0.05, 0) is 26.0 Å². The van der Waals surface area contributed by atoms with Crippen LogP contribution in [0.15, 0.2) is 12.1 Å². The number of benzene rings is 1. The van der Waals surface area contributed by atoms with Crippen LogP contribution in [-0.4, -0.2) is 41.6 Å². The molecule has 0 unspecified atom stereocenters. The average Bonchev–Trinajstić information content (AvgIpc) is 2.37. The topological polar surface area (TPSA) is 66.8 Å². The number of rotatable bonds is 6. The summed E-state index contributed by atoms with van der Waals surface area (Å²) in [6, 6.07) is 2.78. The number of nitrogens with zero attached hydrogens (tertiary/aromatic N) is 1.